The third-order valence-corrected chi connectivity index (χ3v) is 0. The van der Waals surface area contributed by atoms with Crippen molar-refractivity contribution < 1.29 is 39.9 Å². The van der Waals surface area contributed by atoms with E-state index in [1.165, 1.54) is 0 Å². The molecule has 0 aliphatic heterocycles. The molecule has 0 radical (unpaired) electrons. The molecule has 0 atom stereocenters. The molecule has 0 heterocycles. The van der Waals surface area contributed by atoms with Gasteiger partial charge in [-0.15, -0.1) is 0 Å². The first-order valence-electron chi connectivity index (χ1n) is 0.683. The van der Waals surface area contributed by atoms with E-state index < -0.39 is 10.4 Å². The van der Waals surface area contributed by atoms with E-state index in [0.29, 0.717) is 0 Å². The summed E-state index contributed by atoms with van der Waals surface area (Å²) in [6.45, 7) is 0. The zero-order valence-electron chi connectivity index (χ0n) is 3.80. The van der Waals surface area contributed by atoms with Crippen LogP contribution < -0.4 is 12.3 Å². The molecule has 0 aromatic heterocycles. The molecule has 0 rings (SSSR count). The molecule has 0 saturated carbocycles. The molecule has 0 spiro atoms. The van der Waals surface area contributed by atoms with E-state index in [1.54, 1.807) is 0 Å². The monoisotopic (exact) mass is 238 g/mol. The summed E-state index contributed by atoms with van der Waals surface area (Å²) in [5.74, 6) is 0. The maximum atomic E-state index is 8.63. The largest absolute Gasteiger partial charge is 1.00 e. The van der Waals surface area contributed by atoms with Crippen molar-refractivity contribution in [1.29, 1.82) is 0 Å². The molecule has 0 bridgehead atoms. The van der Waals surface area contributed by atoms with Gasteiger partial charge in [-0.05, 0) is 0 Å². The third-order valence-electron chi connectivity index (χ3n) is 0. The summed E-state index contributed by atoms with van der Waals surface area (Å²) in [4.78, 5) is 0. The Hall–Kier alpha value is 0.530. The Morgan fingerprint density at radius 2 is 1.25 bits per heavy atom. The van der Waals surface area contributed by atoms with Crippen molar-refractivity contribution >= 4 is 10.4 Å². The number of hydrogen-bond donors (Lipinski definition) is 3. The maximum Gasteiger partial charge on any atom is 1.00 e. The van der Waals surface area contributed by atoms with Gasteiger partial charge in [-0.2, -0.15) is 0 Å². The molecule has 0 aromatic carbocycles. The molecule has 0 fully saturated rings. The Morgan fingerprint density at radius 1 is 1.25 bits per heavy atom. The normalized spacial score (nSPS) is 7.25. The van der Waals surface area contributed by atoms with Crippen molar-refractivity contribution in [2.75, 3.05) is 0 Å². The van der Waals surface area contributed by atoms with Gasteiger partial charge in [0.1, 0.15) is 0 Å². The second kappa shape index (κ2) is 7.53. The van der Waals surface area contributed by atoms with E-state index in [4.69, 9.17) is 17.5 Å². The third kappa shape index (κ3) is 710. The fraction of sp³-hybridized carbons (Fsp3) is 0. The van der Waals surface area contributed by atoms with Gasteiger partial charge >= 0.3 is 22.4 Å². The predicted molar refractivity (Wildman–Crippen MR) is 22.4 cm³/mol. The summed E-state index contributed by atoms with van der Waals surface area (Å²) < 4.78 is 32.8. The Labute approximate surface area is 62.9 Å². The average Bonchev–Trinajstić information content (AvgIpc) is 0.722. The zero-order valence-corrected chi connectivity index (χ0v) is 6.09. The van der Waals surface area contributed by atoms with Gasteiger partial charge in [-0.3, -0.25) is 4.55 Å². The first-order chi connectivity index (χ1) is 2.00. The van der Waals surface area contributed by atoms with Crippen molar-refractivity contribution in [3.63, 3.8) is 0 Å². The van der Waals surface area contributed by atoms with Gasteiger partial charge < -0.3 is 16.9 Å². The van der Waals surface area contributed by atoms with E-state index in [2.05, 4.69) is 0 Å². The molecule has 6 nitrogen and oxygen atoms in total. The molecule has 0 unspecified atom stereocenters. The Morgan fingerprint density at radius 3 is 1.25 bits per heavy atom. The minimum atomic E-state index is -4.92. The quantitative estimate of drug-likeness (QED) is 0.290. The molecule has 7 N–H and O–H groups in total. The van der Waals surface area contributed by atoms with Crippen LogP contribution in [0.5, 0.6) is 0 Å². The first kappa shape index (κ1) is 23.6. The second-order valence-electron chi connectivity index (χ2n) is 0.428. The zero-order chi connectivity index (χ0) is 4.50. The van der Waals surface area contributed by atoms with Crippen LogP contribution in [0.15, 0.2) is 0 Å². The van der Waals surface area contributed by atoms with Crippen LogP contribution in [-0.2, 0) is 32.8 Å². The molecule has 0 amide bonds. The summed E-state index contributed by atoms with van der Waals surface area (Å²) >= 11 is 0. The van der Waals surface area contributed by atoms with Gasteiger partial charge in [-0.1, -0.05) is 0 Å². The van der Waals surface area contributed by atoms with Crippen molar-refractivity contribution in [2.45, 2.75) is 0 Å². The molecule has 8 heteroatoms. The molecule has 8 heavy (non-hydrogen) atoms. The van der Waals surface area contributed by atoms with Crippen LogP contribution >= 0.6 is 0 Å². The molecule has 58 valence electrons. The number of hydrogen-bond acceptors (Lipinski definition) is 5. The first-order valence-corrected chi connectivity index (χ1v) is 2.05. The van der Waals surface area contributed by atoms with Crippen LogP contribution in [0, 0.1) is 0 Å². The molecular formula is H7AgN2O4S. The van der Waals surface area contributed by atoms with E-state index in [1.807, 2.05) is 0 Å². The van der Waals surface area contributed by atoms with Crippen LogP contribution in [0.3, 0.4) is 0 Å². The van der Waals surface area contributed by atoms with E-state index in [0.717, 1.165) is 0 Å². The van der Waals surface area contributed by atoms with Crippen molar-refractivity contribution in [3.8, 4) is 0 Å². The predicted octanol–water partition coefficient (Wildman–Crippen LogP) is -0.674. The van der Waals surface area contributed by atoms with Gasteiger partial charge in [0, 0.05) is 0 Å². The van der Waals surface area contributed by atoms with E-state index >= 15 is 0 Å². The summed E-state index contributed by atoms with van der Waals surface area (Å²) in [5, 5.41) is 0. The van der Waals surface area contributed by atoms with Crippen LogP contribution in [-0.4, -0.2) is 17.5 Å². The number of rotatable bonds is 0. The Kier molecular flexibility index (Phi) is 22.2. The fourth-order valence-corrected chi connectivity index (χ4v) is 0. The summed E-state index contributed by atoms with van der Waals surface area (Å²) in [6.07, 6.45) is 0. The van der Waals surface area contributed by atoms with Gasteiger partial charge in [0.05, 0.1) is 0 Å². The van der Waals surface area contributed by atoms with Crippen molar-refractivity contribution in [2.24, 2.45) is 0 Å². The van der Waals surface area contributed by atoms with Gasteiger partial charge in [0.2, 0.25) is 10.4 Å². The molecular weight excluding hydrogens is 232 g/mol. The van der Waals surface area contributed by atoms with Crippen LogP contribution in [0.2, 0.25) is 0 Å². The topological polar surface area (TPSA) is 147 Å². The molecule has 0 aliphatic rings. The maximum absolute atomic E-state index is 8.63. The summed E-state index contributed by atoms with van der Waals surface area (Å²) in [7, 11) is -4.92. The van der Waals surface area contributed by atoms with Crippen LogP contribution in [0.4, 0.5) is 0 Å². The minimum Gasteiger partial charge on any atom is -0.726 e. The molecule has 0 aliphatic carbocycles. The SMILES string of the molecule is N.N.O=S(=O)([O-])O.[Ag+]. The smallest absolute Gasteiger partial charge is 0.726 e. The van der Waals surface area contributed by atoms with Crippen molar-refractivity contribution in [3.05, 3.63) is 0 Å². The van der Waals surface area contributed by atoms with Crippen LogP contribution in [0.1, 0.15) is 0 Å². The Balaban J connectivity index is -0.0000000267. The second-order valence-corrected chi connectivity index (χ2v) is 1.28. The van der Waals surface area contributed by atoms with Gasteiger partial charge in [0.25, 0.3) is 0 Å². The molecule has 0 saturated heterocycles. The van der Waals surface area contributed by atoms with Gasteiger partial charge in [-0.25, -0.2) is 8.42 Å². The fourth-order valence-electron chi connectivity index (χ4n) is 0. The van der Waals surface area contributed by atoms with Crippen LogP contribution in [0.25, 0.3) is 0 Å². The van der Waals surface area contributed by atoms with Gasteiger partial charge in [0.15, 0.2) is 0 Å². The minimum absolute atomic E-state index is 0. The Bertz CT molecular complexity index is 97.2. The summed E-state index contributed by atoms with van der Waals surface area (Å²) in [5.41, 5.74) is 0. The average molecular weight is 239 g/mol. The van der Waals surface area contributed by atoms with E-state index in [9.17, 15) is 0 Å². The molecule has 0 aromatic rings. The van der Waals surface area contributed by atoms with Crippen molar-refractivity contribution in [1.82, 2.24) is 12.3 Å². The van der Waals surface area contributed by atoms with E-state index in [-0.39, 0.29) is 34.7 Å². The standard InChI is InChI=1S/Ag.2H3N.H2O4S/c;;;1-5(2,3)4/h;2*1H3;(H2,1,2,3,4)/q+1;;;/p-1. The summed E-state index contributed by atoms with van der Waals surface area (Å²) in [6, 6.07) is 0.